The van der Waals surface area contributed by atoms with Crippen molar-refractivity contribution in [2.24, 2.45) is 0 Å². The highest BCUT2D eigenvalue weighted by molar-refractivity contribution is 6.28. The quantitative estimate of drug-likeness (QED) is 0.419. The van der Waals surface area contributed by atoms with Crippen molar-refractivity contribution in [1.29, 1.82) is 0 Å². The number of hydrogen-bond donors (Lipinski definition) is 4. The van der Waals surface area contributed by atoms with E-state index < -0.39 is 30.6 Å². The highest BCUT2D eigenvalue weighted by atomic mass is 35.5. The van der Waals surface area contributed by atoms with E-state index in [1.807, 2.05) is 6.92 Å². The van der Waals surface area contributed by atoms with Crippen molar-refractivity contribution < 1.29 is 24.6 Å². The van der Waals surface area contributed by atoms with Crippen LogP contribution in [0.5, 0.6) is 0 Å². The second kappa shape index (κ2) is 7.99. The van der Waals surface area contributed by atoms with Crippen molar-refractivity contribution in [2.75, 3.05) is 5.32 Å². The van der Waals surface area contributed by atoms with Gasteiger partial charge in [0, 0.05) is 6.07 Å². The fraction of sp³-hybridized carbons (Fsp3) is 0.579. The minimum absolute atomic E-state index is 0.0170. The lowest BCUT2D eigenvalue weighted by molar-refractivity contribution is -0.0434. The molecule has 0 aromatic carbocycles. The average molecular weight is 451 g/mol. The van der Waals surface area contributed by atoms with Gasteiger partial charge in [0.15, 0.2) is 29.0 Å². The Morgan fingerprint density at radius 2 is 2.06 bits per heavy atom. The van der Waals surface area contributed by atoms with E-state index in [4.69, 9.17) is 20.9 Å². The molecule has 166 valence electrons. The molecule has 2 aliphatic rings. The lowest BCUT2D eigenvalue weighted by Gasteiger charge is -2.18. The summed E-state index contributed by atoms with van der Waals surface area (Å²) in [5, 5.41) is 38.5. The van der Waals surface area contributed by atoms with Crippen LogP contribution in [0.2, 0.25) is 5.28 Å². The smallest absolute Gasteiger partial charge is 0.226 e. The summed E-state index contributed by atoms with van der Waals surface area (Å²) in [7, 11) is 0. The number of nitrogens with one attached hydrogen (secondary N) is 1. The summed E-state index contributed by atoms with van der Waals surface area (Å²) < 4.78 is 12.7. The Morgan fingerprint density at radius 1 is 1.23 bits per heavy atom. The zero-order valence-corrected chi connectivity index (χ0v) is 17.5. The number of anilines is 1. The van der Waals surface area contributed by atoms with E-state index in [0.29, 0.717) is 29.2 Å². The van der Waals surface area contributed by atoms with Gasteiger partial charge in [-0.2, -0.15) is 9.97 Å². The van der Waals surface area contributed by atoms with Crippen LogP contribution < -0.4 is 5.32 Å². The number of rotatable bonds is 5. The van der Waals surface area contributed by atoms with Crippen molar-refractivity contribution >= 4 is 28.6 Å². The van der Waals surface area contributed by atoms with Crippen molar-refractivity contribution in [3.63, 3.8) is 0 Å². The van der Waals surface area contributed by atoms with Crippen LogP contribution in [0, 0.1) is 0 Å². The number of ether oxygens (including phenoxy) is 1. The predicted molar refractivity (Wildman–Crippen MR) is 108 cm³/mol. The standard InChI is InChI=1S/C19H23ClN6O5/c1-2-8-6-11(31-25-8)15-13(28)14(29)18(30-15)26-7-21-12-16(23-19(20)24-17(12)26)22-9-4-3-5-10(9)27/h6-7,9-10,13-15,18,27-29H,2-5H2,1H3,(H,22,23,24)/t9-,10-,13+,14-,15+,18+/m0/s1. The molecule has 1 saturated heterocycles. The maximum Gasteiger partial charge on any atom is 0.226 e. The molecule has 2 fully saturated rings. The van der Waals surface area contributed by atoms with E-state index in [0.717, 1.165) is 25.0 Å². The minimum atomic E-state index is -1.26. The molecule has 1 aliphatic carbocycles. The molecule has 31 heavy (non-hydrogen) atoms. The molecule has 4 N–H and O–H groups in total. The van der Waals surface area contributed by atoms with Gasteiger partial charge in [-0.3, -0.25) is 4.57 Å². The monoisotopic (exact) mass is 450 g/mol. The Hall–Kier alpha value is -2.31. The lowest BCUT2D eigenvalue weighted by Crippen LogP contribution is -2.29. The molecule has 4 heterocycles. The molecule has 12 heteroatoms. The summed E-state index contributed by atoms with van der Waals surface area (Å²) in [6.45, 7) is 1.93. The van der Waals surface area contributed by atoms with E-state index in [1.165, 1.54) is 10.9 Å². The first-order valence-corrected chi connectivity index (χ1v) is 10.7. The number of hydrogen-bond acceptors (Lipinski definition) is 10. The maximum absolute atomic E-state index is 10.7. The molecule has 1 aliphatic heterocycles. The third kappa shape index (κ3) is 3.56. The number of aryl methyl sites for hydroxylation is 1. The molecule has 0 bridgehead atoms. The zero-order chi connectivity index (χ0) is 21.7. The van der Waals surface area contributed by atoms with Gasteiger partial charge in [0.25, 0.3) is 0 Å². The molecule has 0 amide bonds. The van der Waals surface area contributed by atoms with Crippen molar-refractivity contribution in [3.05, 3.63) is 29.1 Å². The molecule has 1 saturated carbocycles. The van der Waals surface area contributed by atoms with Crippen LogP contribution in [0.1, 0.15) is 50.0 Å². The van der Waals surface area contributed by atoms with Crippen LogP contribution in [0.25, 0.3) is 11.2 Å². The Bertz CT molecular complexity index is 1090. The topological polar surface area (TPSA) is 152 Å². The van der Waals surface area contributed by atoms with Gasteiger partial charge < -0.3 is 29.9 Å². The van der Waals surface area contributed by atoms with Crippen LogP contribution >= 0.6 is 11.6 Å². The minimum Gasteiger partial charge on any atom is -0.391 e. The van der Waals surface area contributed by atoms with Gasteiger partial charge in [0.1, 0.15) is 18.3 Å². The average Bonchev–Trinajstić information content (AvgIpc) is 3.52. The first-order chi connectivity index (χ1) is 15.0. The number of aliphatic hydroxyl groups excluding tert-OH is 3. The summed E-state index contributed by atoms with van der Waals surface area (Å²) >= 11 is 6.15. The fourth-order valence-electron chi connectivity index (χ4n) is 4.21. The fourth-order valence-corrected chi connectivity index (χ4v) is 4.38. The molecule has 0 spiro atoms. The first kappa shape index (κ1) is 20.6. The van der Waals surface area contributed by atoms with E-state index in [1.54, 1.807) is 6.07 Å². The molecule has 5 rings (SSSR count). The highest BCUT2D eigenvalue weighted by Gasteiger charge is 2.47. The van der Waals surface area contributed by atoms with Crippen LogP contribution in [0.3, 0.4) is 0 Å². The number of halogens is 1. The molecule has 0 unspecified atom stereocenters. The SMILES string of the molecule is CCc1cc([C@H]2O[C@@H](n3cnc4c(N[C@H]5CCC[C@@H]5O)nc(Cl)nc43)[C@@H](O)[C@H]2O)on1. The van der Waals surface area contributed by atoms with Gasteiger partial charge in [0.05, 0.1) is 24.2 Å². The summed E-state index contributed by atoms with van der Waals surface area (Å²) in [5.41, 5.74) is 1.48. The lowest BCUT2D eigenvalue weighted by atomic mass is 10.1. The molecule has 3 aromatic heterocycles. The van der Waals surface area contributed by atoms with Gasteiger partial charge >= 0.3 is 0 Å². The van der Waals surface area contributed by atoms with Crippen molar-refractivity contribution in [3.8, 4) is 0 Å². The first-order valence-electron chi connectivity index (χ1n) is 10.3. The zero-order valence-electron chi connectivity index (χ0n) is 16.7. The van der Waals surface area contributed by atoms with Crippen molar-refractivity contribution in [2.45, 2.75) is 69.3 Å². The molecular weight excluding hydrogens is 428 g/mol. The third-order valence-corrected chi connectivity index (χ3v) is 6.10. The van der Waals surface area contributed by atoms with Gasteiger partial charge in [-0.25, -0.2) is 4.98 Å². The largest absolute Gasteiger partial charge is 0.391 e. The second-order valence-corrected chi connectivity index (χ2v) is 8.26. The van der Waals surface area contributed by atoms with Crippen LogP contribution in [0.4, 0.5) is 5.82 Å². The second-order valence-electron chi connectivity index (χ2n) is 7.92. The summed E-state index contributed by atoms with van der Waals surface area (Å²) in [6.07, 6.45) is -0.280. The molecule has 11 nitrogen and oxygen atoms in total. The maximum atomic E-state index is 10.7. The van der Waals surface area contributed by atoms with Crippen LogP contribution in [0.15, 0.2) is 16.9 Å². The molecule has 0 radical (unpaired) electrons. The number of aliphatic hydroxyl groups is 3. The van der Waals surface area contributed by atoms with E-state index in [-0.39, 0.29) is 11.3 Å². The molecular formula is C19H23ClN6O5. The Labute approximate surface area is 182 Å². The Morgan fingerprint density at radius 3 is 2.77 bits per heavy atom. The Kier molecular flexibility index (Phi) is 5.30. The third-order valence-electron chi connectivity index (χ3n) is 5.93. The van der Waals surface area contributed by atoms with Gasteiger partial charge in [-0.15, -0.1) is 0 Å². The summed E-state index contributed by atoms with van der Waals surface area (Å²) in [4.78, 5) is 12.9. The number of imidazole rings is 1. The number of nitrogens with zero attached hydrogens (tertiary/aromatic N) is 5. The van der Waals surface area contributed by atoms with E-state index in [9.17, 15) is 15.3 Å². The number of fused-ring (bicyclic) bond motifs is 1. The van der Waals surface area contributed by atoms with Crippen LogP contribution in [-0.4, -0.2) is 64.3 Å². The van der Waals surface area contributed by atoms with Crippen molar-refractivity contribution in [1.82, 2.24) is 24.7 Å². The summed E-state index contributed by atoms with van der Waals surface area (Å²) in [5.74, 6) is 0.729. The molecule has 3 aromatic rings. The van der Waals surface area contributed by atoms with Gasteiger partial charge in [-0.1, -0.05) is 12.1 Å². The van der Waals surface area contributed by atoms with Gasteiger partial charge in [0.2, 0.25) is 5.28 Å². The normalized spacial score (nSPS) is 31.0. The Balaban J connectivity index is 1.47. The van der Waals surface area contributed by atoms with Gasteiger partial charge in [-0.05, 0) is 37.3 Å². The van der Waals surface area contributed by atoms with Crippen LogP contribution in [-0.2, 0) is 11.2 Å². The highest BCUT2D eigenvalue weighted by Crippen LogP contribution is 2.40. The molecule has 6 atom stereocenters. The van der Waals surface area contributed by atoms with E-state index in [2.05, 4.69) is 25.4 Å². The predicted octanol–water partition coefficient (Wildman–Crippen LogP) is 1.35. The summed E-state index contributed by atoms with van der Waals surface area (Å²) in [6, 6.07) is 1.54. The number of aromatic nitrogens is 5. The van der Waals surface area contributed by atoms with E-state index >= 15 is 0 Å².